The first-order valence-corrected chi connectivity index (χ1v) is 4.40. The summed E-state index contributed by atoms with van der Waals surface area (Å²) in [6.07, 6.45) is 4.21. The molecule has 1 aromatic rings. The van der Waals surface area contributed by atoms with Crippen molar-refractivity contribution in [2.45, 2.75) is 6.42 Å². The van der Waals surface area contributed by atoms with Gasteiger partial charge in [-0.3, -0.25) is 0 Å². The van der Waals surface area contributed by atoms with Gasteiger partial charge in [-0.15, -0.1) is 6.58 Å². The van der Waals surface area contributed by atoms with Crippen molar-refractivity contribution < 1.29 is 4.84 Å². The van der Waals surface area contributed by atoms with E-state index in [1.54, 1.807) is 17.3 Å². The lowest BCUT2D eigenvalue weighted by atomic mass is 10.3. The second-order valence-electron chi connectivity index (χ2n) is 2.81. The number of hydrogen-bond donors (Lipinski definition) is 0. The fourth-order valence-electron chi connectivity index (χ4n) is 1.25. The van der Waals surface area contributed by atoms with Crippen molar-refractivity contribution in [1.82, 2.24) is 4.98 Å². The highest BCUT2D eigenvalue weighted by atomic mass is 16.7. The fourth-order valence-corrected chi connectivity index (χ4v) is 1.25. The van der Waals surface area contributed by atoms with E-state index in [1.807, 2.05) is 18.2 Å². The van der Waals surface area contributed by atoms with Crippen LogP contribution in [-0.4, -0.2) is 17.6 Å². The average Bonchev–Trinajstić information content (AvgIpc) is 2.68. The third-order valence-electron chi connectivity index (χ3n) is 1.85. The molecule has 0 bridgehead atoms. The van der Waals surface area contributed by atoms with E-state index in [-0.39, 0.29) is 0 Å². The van der Waals surface area contributed by atoms with Crippen LogP contribution in [0.25, 0.3) is 0 Å². The lowest BCUT2D eigenvalue weighted by molar-refractivity contribution is 0.171. The molecule has 2 rings (SSSR count). The molecule has 0 aliphatic carbocycles. The number of hydroxylamine groups is 1. The van der Waals surface area contributed by atoms with E-state index < -0.39 is 0 Å². The van der Waals surface area contributed by atoms with E-state index >= 15 is 0 Å². The summed E-state index contributed by atoms with van der Waals surface area (Å²) in [5.74, 6) is 1.60. The third kappa shape index (κ3) is 1.65. The van der Waals surface area contributed by atoms with Crippen LogP contribution in [0.2, 0.25) is 0 Å². The molecule has 0 atom stereocenters. The van der Waals surface area contributed by atoms with Crippen LogP contribution >= 0.6 is 0 Å². The highest BCUT2D eigenvalue weighted by Crippen LogP contribution is 2.16. The largest absolute Gasteiger partial charge is 0.242 e. The number of aromatic nitrogens is 1. The minimum atomic E-state index is 0.361. The Labute approximate surface area is 82.5 Å². The zero-order chi connectivity index (χ0) is 9.80. The molecule has 0 amide bonds. The summed E-state index contributed by atoms with van der Waals surface area (Å²) in [5, 5.41) is 1.64. The quantitative estimate of drug-likeness (QED) is 0.680. The molecule has 0 N–H and O–H groups in total. The molecule has 0 fully saturated rings. The zero-order valence-corrected chi connectivity index (χ0v) is 7.76. The van der Waals surface area contributed by atoms with Crippen LogP contribution in [0.3, 0.4) is 0 Å². The van der Waals surface area contributed by atoms with Crippen LogP contribution in [0.15, 0.2) is 42.0 Å². The van der Waals surface area contributed by atoms with Crippen molar-refractivity contribution in [3.63, 3.8) is 0 Å². The van der Waals surface area contributed by atoms with Gasteiger partial charge in [-0.1, -0.05) is 12.1 Å². The van der Waals surface area contributed by atoms with Crippen LogP contribution in [0.4, 0.5) is 5.82 Å². The highest BCUT2D eigenvalue weighted by Gasteiger charge is 2.19. The third-order valence-corrected chi connectivity index (χ3v) is 1.85. The van der Waals surface area contributed by atoms with E-state index in [0.717, 1.165) is 11.7 Å². The molecule has 0 radical (unpaired) electrons. The molecule has 4 heteroatoms. The molecule has 1 aliphatic heterocycles. The normalized spacial score (nSPS) is 15.4. The van der Waals surface area contributed by atoms with Crippen molar-refractivity contribution in [3.8, 4) is 0 Å². The standard InChI is InChI=1S/C10H11N3O/c1-2-5-9-12-8-14-13(9)10-6-3-4-7-11-10/h2-4,6-7H,1,5,8H2. The molecule has 2 heterocycles. The van der Waals surface area contributed by atoms with Gasteiger partial charge in [0.2, 0.25) is 0 Å². The molecule has 0 aromatic carbocycles. The number of hydrogen-bond acceptors (Lipinski definition) is 4. The van der Waals surface area contributed by atoms with Crippen molar-refractivity contribution in [2.24, 2.45) is 4.99 Å². The minimum Gasteiger partial charge on any atom is -0.242 e. The molecule has 72 valence electrons. The van der Waals surface area contributed by atoms with E-state index in [1.165, 1.54) is 0 Å². The van der Waals surface area contributed by atoms with Gasteiger partial charge in [0.25, 0.3) is 0 Å². The number of pyridine rings is 1. The van der Waals surface area contributed by atoms with Crippen LogP contribution in [0.5, 0.6) is 0 Å². The first kappa shape index (κ1) is 8.90. The maximum atomic E-state index is 5.32. The van der Waals surface area contributed by atoms with E-state index in [0.29, 0.717) is 13.2 Å². The lowest BCUT2D eigenvalue weighted by Crippen LogP contribution is -2.25. The Morgan fingerprint density at radius 2 is 2.50 bits per heavy atom. The molecule has 1 aromatic heterocycles. The van der Waals surface area contributed by atoms with Gasteiger partial charge in [0, 0.05) is 12.6 Å². The van der Waals surface area contributed by atoms with E-state index in [4.69, 9.17) is 4.84 Å². The Kier molecular flexibility index (Phi) is 2.55. The summed E-state index contributed by atoms with van der Waals surface area (Å²) in [7, 11) is 0. The number of aliphatic imine (C=N–C) groups is 1. The van der Waals surface area contributed by atoms with Crippen molar-refractivity contribution in [1.29, 1.82) is 0 Å². The van der Waals surface area contributed by atoms with Crippen LogP contribution in [0, 0.1) is 0 Å². The van der Waals surface area contributed by atoms with Crippen molar-refractivity contribution in [2.75, 3.05) is 11.8 Å². The first-order chi connectivity index (χ1) is 6.92. The molecule has 4 nitrogen and oxygen atoms in total. The van der Waals surface area contributed by atoms with E-state index in [2.05, 4.69) is 16.6 Å². The van der Waals surface area contributed by atoms with Gasteiger partial charge in [-0.05, 0) is 12.1 Å². The Hall–Kier alpha value is -1.68. The SMILES string of the molecule is C=CCC1=NCON1c1ccccn1. The molecule has 0 saturated heterocycles. The summed E-state index contributed by atoms with van der Waals surface area (Å²) < 4.78 is 0. The molecular weight excluding hydrogens is 178 g/mol. The van der Waals surface area contributed by atoms with Crippen LogP contribution < -0.4 is 5.06 Å². The average molecular weight is 189 g/mol. The molecule has 1 aliphatic rings. The van der Waals surface area contributed by atoms with E-state index in [9.17, 15) is 0 Å². The molecular formula is C10H11N3O. The van der Waals surface area contributed by atoms with Crippen molar-refractivity contribution >= 4 is 11.7 Å². The second-order valence-corrected chi connectivity index (χ2v) is 2.81. The predicted molar refractivity (Wildman–Crippen MR) is 54.9 cm³/mol. The summed E-state index contributed by atoms with van der Waals surface area (Å²) >= 11 is 0. The van der Waals surface area contributed by atoms with Crippen LogP contribution in [-0.2, 0) is 4.84 Å². The zero-order valence-electron chi connectivity index (χ0n) is 7.76. The molecule has 14 heavy (non-hydrogen) atoms. The maximum absolute atomic E-state index is 5.32. The molecule has 0 saturated carbocycles. The summed E-state index contributed by atoms with van der Waals surface area (Å²) in [4.78, 5) is 13.7. The van der Waals surface area contributed by atoms with Gasteiger partial charge in [0.1, 0.15) is 5.84 Å². The number of nitrogens with zero attached hydrogens (tertiary/aromatic N) is 3. The van der Waals surface area contributed by atoms with Gasteiger partial charge in [-0.25, -0.2) is 14.8 Å². The Balaban J connectivity index is 2.19. The predicted octanol–water partition coefficient (Wildman–Crippen LogP) is 1.77. The topological polar surface area (TPSA) is 37.7 Å². The lowest BCUT2D eigenvalue weighted by Gasteiger charge is -2.15. The number of amidine groups is 1. The fraction of sp³-hybridized carbons (Fsp3) is 0.200. The minimum absolute atomic E-state index is 0.361. The van der Waals surface area contributed by atoms with Gasteiger partial charge in [-0.2, -0.15) is 5.06 Å². The van der Waals surface area contributed by atoms with Crippen LogP contribution in [0.1, 0.15) is 6.42 Å². The van der Waals surface area contributed by atoms with Gasteiger partial charge in [0.05, 0.1) is 0 Å². The van der Waals surface area contributed by atoms with Gasteiger partial charge in [0.15, 0.2) is 12.5 Å². The second kappa shape index (κ2) is 4.02. The first-order valence-electron chi connectivity index (χ1n) is 4.40. The maximum Gasteiger partial charge on any atom is 0.167 e. The van der Waals surface area contributed by atoms with Gasteiger partial charge >= 0.3 is 0 Å². The Bertz CT molecular complexity index is 348. The van der Waals surface area contributed by atoms with Crippen molar-refractivity contribution in [3.05, 3.63) is 37.1 Å². The highest BCUT2D eigenvalue weighted by molar-refractivity contribution is 5.96. The summed E-state index contributed by atoms with van der Waals surface area (Å²) in [5.41, 5.74) is 0. The monoisotopic (exact) mass is 189 g/mol. The Morgan fingerprint density at radius 1 is 1.57 bits per heavy atom. The summed E-state index contributed by atoms with van der Waals surface area (Å²) in [6.45, 7) is 4.03. The number of anilines is 1. The smallest absolute Gasteiger partial charge is 0.167 e. The Morgan fingerprint density at radius 3 is 3.21 bits per heavy atom. The molecule has 0 spiro atoms. The summed E-state index contributed by atoms with van der Waals surface area (Å²) in [6, 6.07) is 5.66. The molecule has 0 unspecified atom stereocenters. The van der Waals surface area contributed by atoms with Gasteiger partial charge < -0.3 is 0 Å². The number of rotatable bonds is 3.